The molecule has 3 nitrogen and oxygen atoms in total. The number of nitrogens with two attached hydrogens (primary N) is 1. The van der Waals surface area contributed by atoms with Gasteiger partial charge in [0.05, 0.1) is 0 Å². The highest BCUT2D eigenvalue weighted by Gasteiger charge is 2.45. The van der Waals surface area contributed by atoms with Crippen molar-refractivity contribution < 1.29 is 4.79 Å². The largest absolute Gasteiger partial charge is 0.327 e. The Kier molecular flexibility index (Phi) is 1.93. The number of piperidine rings is 1. The van der Waals surface area contributed by atoms with Gasteiger partial charge in [-0.25, -0.2) is 0 Å². The van der Waals surface area contributed by atoms with Gasteiger partial charge in [0.2, 0.25) is 0 Å². The van der Waals surface area contributed by atoms with E-state index < -0.39 is 0 Å². The van der Waals surface area contributed by atoms with E-state index in [1.165, 1.54) is 0 Å². The van der Waals surface area contributed by atoms with Gasteiger partial charge in [0.1, 0.15) is 5.78 Å². The van der Waals surface area contributed by atoms with Crippen LogP contribution in [0.2, 0.25) is 0 Å². The van der Waals surface area contributed by atoms with Crippen LogP contribution in [-0.2, 0) is 4.79 Å². The summed E-state index contributed by atoms with van der Waals surface area (Å²) in [5, 5.41) is 3.30. The molecule has 3 heteroatoms. The Hall–Kier alpha value is -0.410. The Bertz CT molecular complexity index is 197. The molecule has 0 radical (unpaired) electrons. The second-order valence-corrected chi connectivity index (χ2v) is 4.14. The van der Waals surface area contributed by atoms with Gasteiger partial charge >= 0.3 is 0 Å². The van der Waals surface area contributed by atoms with Crippen LogP contribution in [0.15, 0.2) is 0 Å². The third kappa shape index (κ3) is 1.17. The Morgan fingerprint density at radius 1 is 1.42 bits per heavy atom. The molecule has 3 N–H and O–H groups in total. The van der Waals surface area contributed by atoms with E-state index in [1.54, 1.807) is 0 Å². The predicted molar refractivity (Wildman–Crippen MR) is 46.8 cm³/mol. The zero-order valence-electron chi connectivity index (χ0n) is 7.31. The van der Waals surface area contributed by atoms with Crippen molar-refractivity contribution in [1.82, 2.24) is 5.32 Å². The van der Waals surface area contributed by atoms with Gasteiger partial charge < -0.3 is 11.1 Å². The first-order chi connectivity index (χ1) is 5.73. The summed E-state index contributed by atoms with van der Waals surface area (Å²) in [5.74, 6) is 0.365. The first kappa shape index (κ1) is 8.20. The summed E-state index contributed by atoms with van der Waals surface area (Å²) in [6.07, 6.45) is 3.51. The van der Waals surface area contributed by atoms with Crippen molar-refractivity contribution in [2.24, 2.45) is 11.1 Å². The molecule has 1 spiro atoms. The monoisotopic (exact) mass is 168 g/mol. The molecule has 0 aromatic rings. The van der Waals surface area contributed by atoms with Crippen LogP contribution in [0.3, 0.4) is 0 Å². The van der Waals surface area contributed by atoms with Gasteiger partial charge in [-0.2, -0.15) is 0 Å². The van der Waals surface area contributed by atoms with E-state index in [0.717, 1.165) is 32.4 Å². The molecule has 0 bridgehead atoms. The maximum absolute atomic E-state index is 11.2. The molecule has 1 saturated heterocycles. The van der Waals surface area contributed by atoms with Gasteiger partial charge in [0.25, 0.3) is 0 Å². The minimum Gasteiger partial charge on any atom is -0.327 e. The molecular formula is C9H16N2O. The molecular weight excluding hydrogens is 152 g/mol. The molecule has 2 fully saturated rings. The van der Waals surface area contributed by atoms with Crippen LogP contribution < -0.4 is 11.1 Å². The highest BCUT2D eigenvalue weighted by atomic mass is 16.1. The highest BCUT2D eigenvalue weighted by molar-refractivity contribution is 5.82. The second-order valence-electron chi connectivity index (χ2n) is 4.14. The first-order valence-corrected chi connectivity index (χ1v) is 4.71. The number of rotatable bonds is 0. The van der Waals surface area contributed by atoms with Gasteiger partial charge in [-0.15, -0.1) is 0 Å². The topological polar surface area (TPSA) is 55.1 Å². The van der Waals surface area contributed by atoms with Crippen LogP contribution >= 0.6 is 0 Å². The van der Waals surface area contributed by atoms with E-state index in [0.29, 0.717) is 12.2 Å². The van der Waals surface area contributed by atoms with Crippen molar-refractivity contribution in [3.05, 3.63) is 0 Å². The molecule has 0 aromatic carbocycles. The maximum atomic E-state index is 11.2. The van der Waals surface area contributed by atoms with E-state index >= 15 is 0 Å². The lowest BCUT2D eigenvalue weighted by Gasteiger charge is -2.36. The number of hydrogen-bond donors (Lipinski definition) is 2. The average molecular weight is 168 g/mol. The lowest BCUT2D eigenvalue weighted by Crippen LogP contribution is -2.45. The minimum absolute atomic E-state index is 0.132. The highest BCUT2D eigenvalue weighted by Crippen LogP contribution is 2.42. The fraction of sp³-hybridized carbons (Fsp3) is 0.889. The summed E-state index contributed by atoms with van der Waals surface area (Å²) in [7, 11) is 0. The van der Waals surface area contributed by atoms with E-state index in [2.05, 4.69) is 5.32 Å². The van der Waals surface area contributed by atoms with Crippen LogP contribution in [0.5, 0.6) is 0 Å². The Morgan fingerprint density at radius 3 is 2.58 bits per heavy atom. The number of hydrogen-bond acceptors (Lipinski definition) is 3. The number of nitrogens with one attached hydrogen (secondary N) is 1. The quantitative estimate of drug-likeness (QED) is 0.537. The van der Waals surface area contributed by atoms with Crippen LogP contribution in [0.1, 0.15) is 25.7 Å². The molecule has 1 atom stereocenters. The molecule has 0 amide bonds. The lowest BCUT2D eigenvalue weighted by molar-refractivity contribution is -0.118. The van der Waals surface area contributed by atoms with E-state index in [9.17, 15) is 4.79 Å². The van der Waals surface area contributed by atoms with Gasteiger partial charge in [0.15, 0.2) is 0 Å². The fourth-order valence-corrected chi connectivity index (χ4v) is 2.53. The van der Waals surface area contributed by atoms with E-state index in [4.69, 9.17) is 5.73 Å². The van der Waals surface area contributed by atoms with Crippen LogP contribution in [-0.4, -0.2) is 24.9 Å². The number of carbonyl (C=O) groups is 1. The SMILES string of the molecule is NC1CC(=O)CC12CCNCC2. The molecule has 1 unspecified atom stereocenters. The molecule has 1 saturated carbocycles. The molecule has 68 valence electrons. The summed E-state index contributed by atoms with van der Waals surface area (Å²) < 4.78 is 0. The molecule has 2 rings (SSSR count). The van der Waals surface area contributed by atoms with Crippen molar-refractivity contribution >= 4 is 5.78 Å². The maximum Gasteiger partial charge on any atom is 0.135 e. The lowest BCUT2D eigenvalue weighted by atomic mass is 9.75. The first-order valence-electron chi connectivity index (χ1n) is 4.71. The Labute approximate surface area is 72.7 Å². The minimum atomic E-state index is 0.132. The van der Waals surface area contributed by atoms with Crippen LogP contribution in [0.4, 0.5) is 0 Å². The fourth-order valence-electron chi connectivity index (χ4n) is 2.53. The number of Topliss-reactive ketones (excluding diaryl/α,β-unsaturated/α-hetero) is 1. The Balaban J connectivity index is 2.13. The van der Waals surface area contributed by atoms with E-state index in [-0.39, 0.29) is 11.5 Å². The van der Waals surface area contributed by atoms with Crippen LogP contribution in [0, 0.1) is 5.41 Å². The summed E-state index contributed by atoms with van der Waals surface area (Å²) in [4.78, 5) is 11.2. The third-order valence-electron chi connectivity index (χ3n) is 3.38. The zero-order chi connectivity index (χ0) is 8.60. The molecule has 1 heterocycles. The third-order valence-corrected chi connectivity index (χ3v) is 3.38. The van der Waals surface area contributed by atoms with Crippen molar-refractivity contribution in [2.75, 3.05) is 13.1 Å². The summed E-state index contributed by atoms with van der Waals surface area (Å²) in [6.45, 7) is 2.06. The molecule has 2 aliphatic rings. The van der Waals surface area contributed by atoms with Gasteiger partial charge in [-0.3, -0.25) is 4.79 Å². The standard InChI is InChI=1S/C9H16N2O/c10-8-5-7(12)6-9(8)1-3-11-4-2-9/h8,11H,1-6,10H2. The van der Waals surface area contributed by atoms with Crippen molar-refractivity contribution in [3.8, 4) is 0 Å². The van der Waals surface area contributed by atoms with Crippen molar-refractivity contribution in [2.45, 2.75) is 31.7 Å². The summed E-state index contributed by atoms with van der Waals surface area (Å²) in [5.41, 5.74) is 6.16. The smallest absolute Gasteiger partial charge is 0.135 e. The molecule has 1 aliphatic carbocycles. The summed E-state index contributed by atoms with van der Waals surface area (Å²) >= 11 is 0. The van der Waals surface area contributed by atoms with Gasteiger partial charge in [0, 0.05) is 18.9 Å². The second kappa shape index (κ2) is 2.82. The predicted octanol–water partition coefficient (Wildman–Crippen LogP) is 0.0464. The van der Waals surface area contributed by atoms with Gasteiger partial charge in [-0.05, 0) is 31.3 Å². The molecule has 12 heavy (non-hydrogen) atoms. The molecule has 1 aliphatic heterocycles. The number of ketones is 1. The zero-order valence-corrected chi connectivity index (χ0v) is 7.31. The normalized spacial score (nSPS) is 34.4. The van der Waals surface area contributed by atoms with E-state index in [1.807, 2.05) is 0 Å². The molecule has 0 aromatic heterocycles. The van der Waals surface area contributed by atoms with Crippen LogP contribution in [0.25, 0.3) is 0 Å². The average Bonchev–Trinajstić information content (AvgIpc) is 2.29. The number of carbonyl (C=O) groups excluding carboxylic acids is 1. The Morgan fingerprint density at radius 2 is 2.08 bits per heavy atom. The van der Waals surface area contributed by atoms with Gasteiger partial charge in [-0.1, -0.05) is 0 Å². The summed E-state index contributed by atoms with van der Waals surface area (Å²) in [6, 6.07) is 0.132. The van der Waals surface area contributed by atoms with Crippen molar-refractivity contribution in [3.63, 3.8) is 0 Å². The van der Waals surface area contributed by atoms with Crippen molar-refractivity contribution in [1.29, 1.82) is 0 Å².